The summed E-state index contributed by atoms with van der Waals surface area (Å²) in [5.41, 5.74) is 3.93. The van der Waals surface area contributed by atoms with Crippen molar-refractivity contribution >= 4 is 11.4 Å². The number of hydrogen-bond acceptors (Lipinski definition) is 3. The summed E-state index contributed by atoms with van der Waals surface area (Å²) in [4.78, 5) is 2.05. The quantitative estimate of drug-likeness (QED) is 0.890. The van der Waals surface area contributed by atoms with E-state index in [0.717, 1.165) is 23.0 Å². The SMILES string of the molecule is Cc1cc(N(C)C)ccc1NC(C)c1ccc(F)cc1O. The highest BCUT2D eigenvalue weighted by molar-refractivity contribution is 5.60. The number of phenols is 1. The van der Waals surface area contributed by atoms with Crippen molar-refractivity contribution in [3.8, 4) is 5.75 Å². The van der Waals surface area contributed by atoms with Crippen molar-refractivity contribution < 1.29 is 9.50 Å². The van der Waals surface area contributed by atoms with Crippen LogP contribution in [0.3, 0.4) is 0 Å². The fourth-order valence-electron chi connectivity index (χ4n) is 2.28. The smallest absolute Gasteiger partial charge is 0.126 e. The van der Waals surface area contributed by atoms with Gasteiger partial charge in [-0.3, -0.25) is 0 Å². The molecule has 0 amide bonds. The predicted octanol–water partition coefficient (Wildman–Crippen LogP) is 4.08. The highest BCUT2D eigenvalue weighted by Gasteiger charge is 2.12. The molecule has 0 radical (unpaired) electrons. The third-order valence-corrected chi connectivity index (χ3v) is 3.56. The van der Waals surface area contributed by atoms with Crippen LogP contribution in [0.4, 0.5) is 15.8 Å². The van der Waals surface area contributed by atoms with Crippen LogP contribution in [-0.4, -0.2) is 19.2 Å². The van der Waals surface area contributed by atoms with Crippen LogP contribution in [0.1, 0.15) is 24.1 Å². The first-order valence-corrected chi connectivity index (χ1v) is 6.91. The van der Waals surface area contributed by atoms with E-state index in [9.17, 15) is 9.50 Å². The number of benzene rings is 2. The average Bonchev–Trinajstić information content (AvgIpc) is 2.40. The molecule has 0 aliphatic rings. The summed E-state index contributed by atoms with van der Waals surface area (Å²) in [6, 6.07) is 10.1. The largest absolute Gasteiger partial charge is 0.507 e. The fourth-order valence-corrected chi connectivity index (χ4v) is 2.28. The molecule has 0 spiro atoms. The Hall–Kier alpha value is -2.23. The zero-order valence-corrected chi connectivity index (χ0v) is 12.8. The highest BCUT2D eigenvalue weighted by Crippen LogP contribution is 2.29. The number of nitrogens with zero attached hydrogens (tertiary/aromatic N) is 1. The maximum Gasteiger partial charge on any atom is 0.126 e. The lowest BCUT2D eigenvalue weighted by molar-refractivity contribution is 0.459. The Morgan fingerprint density at radius 2 is 1.86 bits per heavy atom. The second-order valence-corrected chi connectivity index (χ2v) is 5.46. The van der Waals surface area contributed by atoms with Gasteiger partial charge in [-0.2, -0.15) is 0 Å². The molecule has 4 heteroatoms. The maximum atomic E-state index is 13.0. The topological polar surface area (TPSA) is 35.5 Å². The number of aryl methyl sites for hydroxylation is 1. The summed E-state index contributed by atoms with van der Waals surface area (Å²) in [7, 11) is 4.00. The Kier molecular flexibility index (Phi) is 4.36. The average molecular weight is 288 g/mol. The normalized spacial score (nSPS) is 12.0. The van der Waals surface area contributed by atoms with E-state index < -0.39 is 5.82 Å². The third kappa shape index (κ3) is 3.45. The molecule has 2 aromatic carbocycles. The zero-order chi connectivity index (χ0) is 15.6. The Balaban J connectivity index is 2.21. The summed E-state index contributed by atoms with van der Waals surface area (Å²) < 4.78 is 13.0. The first-order chi connectivity index (χ1) is 9.88. The molecule has 0 saturated carbocycles. The molecule has 21 heavy (non-hydrogen) atoms. The summed E-state index contributed by atoms with van der Waals surface area (Å²) in [6.07, 6.45) is 0. The molecule has 3 nitrogen and oxygen atoms in total. The molecule has 0 heterocycles. The molecule has 0 aromatic heterocycles. The summed E-state index contributed by atoms with van der Waals surface area (Å²) >= 11 is 0. The van der Waals surface area contributed by atoms with Crippen LogP contribution < -0.4 is 10.2 Å². The molecule has 2 rings (SSSR count). The lowest BCUT2D eigenvalue weighted by atomic mass is 10.1. The molecular formula is C17H21FN2O. The van der Waals surface area contributed by atoms with Gasteiger partial charge >= 0.3 is 0 Å². The molecular weight excluding hydrogens is 267 g/mol. The summed E-state index contributed by atoms with van der Waals surface area (Å²) in [5.74, 6) is -0.465. The van der Waals surface area contributed by atoms with Crippen LogP contribution in [0.5, 0.6) is 5.75 Å². The molecule has 0 saturated heterocycles. The van der Waals surface area contributed by atoms with E-state index in [0.29, 0.717) is 5.56 Å². The minimum Gasteiger partial charge on any atom is -0.507 e. The number of anilines is 2. The van der Waals surface area contributed by atoms with Crippen LogP contribution in [0.25, 0.3) is 0 Å². The van der Waals surface area contributed by atoms with Gasteiger partial charge in [-0.25, -0.2) is 4.39 Å². The van der Waals surface area contributed by atoms with Crippen molar-refractivity contribution in [1.82, 2.24) is 0 Å². The first kappa shape index (κ1) is 15.2. The van der Waals surface area contributed by atoms with Gasteiger partial charge in [0.2, 0.25) is 0 Å². The minimum atomic E-state index is -0.435. The van der Waals surface area contributed by atoms with Crippen molar-refractivity contribution in [2.75, 3.05) is 24.3 Å². The van der Waals surface area contributed by atoms with Crippen molar-refractivity contribution in [3.63, 3.8) is 0 Å². The molecule has 0 fully saturated rings. The van der Waals surface area contributed by atoms with Crippen LogP contribution in [0, 0.1) is 12.7 Å². The number of nitrogens with one attached hydrogen (secondary N) is 1. The summed E-state index contributed by atoms with van der Waals surface area (Å²) in [6.45, 7) is 3.97. The van der Waals surface area contributed by atoms with Crippen molar-refractivity contribution in [2.24, 2.45) is 0 Å². The van der Waals surface area contributed by atoms with Crippen LogP contribution >= 0.6 is 0 Å². The first-order valence-electron chi connectivity index (χ1n) is 6.91. The third-order valence-electron chi connectivity index (χ3n) is 3.56. The van der Waals surface area contributed by atoms with Gasteiger partial charge in [-0.1, -0.05) is 6.07 Å². The number of rotatable bonds is 4. The number of hydrogen-bond donors (Lipinski definition) is 2. The van der Waals surface area contributed by atoms with E-state index in [2.05, 4.69) is 11.4 Å². The second-order valence-electron chi connectivity index (χ2n) is 5.46. The van der Waals surface area contributed by atoms with E-state index in [1.165, 1.54) is 6.07 Å². The predicted molar refractivity (Wildman–Crippen MR) is 85.6 cm³/mol. The molecule has 112 valence electrons. The van der Waals surface area contributed by atoms with Crippen molar-refractivity contribution in [2.45, 2.75) is 19.9 Å². The van der Waals surface area contributed by atoms with Gasteiger partial charge in [0, 0.05) is 37.1 Å². The van der Waals surface area contributed by atoms with Crippen LogP contribution in [-0.2, 0) is 0 Å². The minimum absolute atomic E-state index is 0.0300. The van der Waals surface area contributed by atoms with Gasteiger partial charge in [0.25, 0.3) is 0 Å². The number of phenolic OH excluding ortho intramolecular Hbond substituents is 1. The molecule has 2 N–H and O–H groups in total. The van der Waals surface area contributed by atoms with Crippen LogP contribution in [0.15, 0.2) is 36.4 Å². The van der Waals surface area contributed by atoms with E-state index in [4.69, 9.17) is 0 Å². The van der Waals surface area contributed by atoms with Gasteiger partial charge in [0.1, 0.15) is 11.6 Å². The van der Waals surface area contributed by atoms with Gasteiger partial charge in [-0.05, 0) is 43.7 Å². The lowest BCUT2D eigenvalue weighted by Gasteiger charge is -2.20. The zero-order valence-electron chi connectivity index (χ0n) is 12.8. The standard InChI is InChI=1S/C17H21FN2O/c1-11-9-14(20(3)4)6-8-16(11)19-12(2)15-7-5-13(18)10-17(15)21/h5-10,12,19,21H,1-4H3. The van der Waals surface area contributed by atoms with Crippen molar-refractivity contribution in [3.05, 3.63) is 53.3 Å². The number of aromatic hydroxyl groups is 1. The van der Waals surface area contributed by atoms with Gasteiger partial charge in [0.05, 0.1) is 6.04 Å². The second kappa shape index (κ2) is 6.04. The van der Waals surface area contributed by atoms with E-state index in [-0.39, 0.29) is 11.8 Å². The Labute approximate surface area is 125 Å². The fraction of sp³-hybridized carbons (Fsp3) is 0.294. The number of halogens is 1. The maximum absolute atomic E-state index is 13.0. The molecule has 1 atom stereocenters. The van der Waals surface area contributed by atoms with Crippen LogP contribution in [0.2, 0.25) is 0 Å². The molecule has 1 unspecified atom stereocenters. The van der Waals surface area contributed by atoms with Gasteiger partial charge < -0.3 is 15.3 Å². The Morgan fingerprint density at radius 3 is 2.43 bits per heavy atom. The Morgan fingerprint density at radius 1 is 1.14 bits per heavy atom. The van der Waals surface area contributed by atoms with E-state index in [1.54, 1.807) is 6.07 Å². The van der Waals surface area contributed by atoms with E-state index >= 15 is 0 Å². The molecule has 0 aliphatic carbocycles. The van der Waals surface area contributed by atoms with E-state index in [1.807, 2.05) is 45.0 Å². The van der Waals surface area contributed by atoms with Crippen molar-refractivity contribution in [1.29, 1.82) is 0 Å². The van der Waals surface area contributed by atoms with Gasteiger partial charge in [0.15, 0.2) is 0 Å². The highest BCUT2D eigenvalue weighted by atomic mass is 19.1. The van der Waals surface area contributed by atoms with Gasteiger partial charge in [-0.15, -0.1) is 0 Å². The Bertz CT molecular complexity index is 641. The molecule has 0 aliphatic heterocycles. The molecule has 2 aromatic rings. The lowest BCUT2D eigenvalue weighted by Crippen LogP contribution is -2.11. The monoisotopic (exact) mass is 288 g/mol. The summed E-state index contributed by atoms with van der Waals surface area (Å²) in [5, 5.41) is 13.2. The molecule has 0 bridgehead atoms.